The third-order valence-corrected chi connectivity index (χ3v) is 3.50. The fraction of sp³-hybridized carbons (Fsp3) is 0.100. The summed E-state index contributed by atoms with van der Waals surface area (Å²) in [5.74, 6) is 1.13. The summed E-state index contributed by atoms with van der Waals surface area (Å²) in [6.07, 6.45) is 0. The van der Waals surface area contributed by atoms with Crippen molar-refractivity contribution in [3.63, 3.8) is 0 Å². The summed E-state index contributed by atoms with van der Waals surface area (Å²) in [5, 5.41) is 9.70. The van der Waals surface area contributed by atoms with Crippen LogP contribution < -0.4 is 4.74 Å². The fourth-order valence-corrected chi connectivity index (χ4v) is 2.41. The summed E-state index contributed by atoms with van der Waals surface area (Å²) in [7, 11) is 0. The molecule has 0 fully saturated rings. The maximum Gasteiger partial charge on any atom is 0.119 e. The summed E-state index contributed by atoms with van der Waals surface area (Å²) >= 11 is 0. The Kier molecular flexibility index (Phi) is 4.10. The highest BCUT2D eigenvalue weighted by atomic mass is 16.5. The topological polar surface area (TPSA) is 29.5 Å². The lowest BCUT2D eigenvalue weighted by atomic mass is 10.0. The second kappa shape index (κ2) is 6.35. The van der Waals surface area contributed by atoms with Crippen LogP contribution in [0, 0.1) is 6.92 Å². The average molecular weight is 290 g/mol. The van der Waals surface area contributed by atoms with E-state index >= 15 is 0 Å². The quantitative estimate of drug-likeness (QED) is 0.737. The molecule has 0 amide bonds. The first-order valence-electron chi connectivity index (χ1n) is 7.28. The fourth-order valence-electron chi connectivity index (χ4n) is 2.41. The van der Waals surface area contributed by atoms with Crippen molar-refractivity contribution in [3.8, 4) is 22.6 Å². The molecule has 0 heterocycles. The molecule has 0 atom stereocenters. The Morgan fingerprint density at radius 3 is 2.23 bits per heavy atom. The molecule has 2 nitrogen and oxygen atoms in total. The van der Waals surface area contributed by atoms with Gasteiger partial charge in [0.2, 0.25) is 0 Å². The lowest BCUT2D eigenvalue weighted by Crippen LogP contribution is -1.94. The van der Waals surface area contributed by atoms with Crippen LogP contribution in [0.5, 0.6) is 11.5 Å². The highest BCUT2D eigenvalue weighted by Gasteiger charge is 2.02. The van der Waals surface area contributed by atoms with E-state index in [1.165, 1.54) is 0 Å². The van der Waals surface area contributed by atoms with E-state index < -0.39 is 0 Å². The lowest BCUT2D eigenvalue weighted by Gasteiger charge is -2.08. The summed E-state index contributed by atoms with van der Waals surface area (Å²) in [6.45, 7) is 2.53. The molecule has 0 aliphatic heterocycles. The maximum absolute atomic E-state index is 9.70. The molecule has 0 saturated heterocycles. The smallest absolute Gasteiger partial charge is 0.119 e. The molecular formula is C20H18O2. The van der Waals surface area contributed by atoms with Gasteiger partial charge in [-0.1, -0.05) is 48.5 Å². The Hall–Kier alpha value is -2.74. The van der Waals surface area contributed by atoms with Gasteiger partial charge in [-0.15, -0.1) is 0 Å². The minimum Gasteiger partial charge on any atom is -0.508 e. The van der Waals surface area contributed by atoms with Crippen LogP contribution >= 0.6 is 0 Å². The van der Waals surface area contributed by atoms with Crippen molar-refractivity contribution < 1.29 is 9.84 Å². The molecule has 0 unspecified atom stereocenters. The SMILES string of the molecule is Cc1cc(O)cc(-c2ccc(OCc3ccccc3)cc2)c1. The predicted molar refractivity (Wildman–Crippen MR) is 89.1 cm³/mol. The van der Waals surface area contributed by atoms with Crippen LogP contribution in [0.1, 0.15) is 11.1 Å². The number of phenolic OH excluding ortho intramolecular Hbond substituents is 1. The van der Waals surface area contributed by atoms with Gasteiger partial charge in [-0.05, 0) is 53.4 Å². The van der Waals surface area contributed by atoms with Crippen LogP contribution in [0.15, 0.2) is 72.8 Å². The van der Waals surface area contributed by atoms with Crippen molar-refractivity contribution >= 4 is 0 Å². The molecule has 3 aromatic carbocycles. The monoisotopic (exact) mass is 290 g/mol. The molecule has 110 valence electrons. The normalized spacial score (nSPS) is 10.4. The maximum atomic E-state index is 9.70. The zero-order valence-electron chi connectivity index (χ0n) is 12.5. The number of rotatable bonds is 4. The molecule has 1 N–H and O–H groups in total. The molecular weight excluding hydrogens is 272 g/mol. The van der Waals surface area contributed by atoms with Crippen molar-refractivity contribution in [2.45, 2.75) is 13.5 Å². The van der Waals surface area contributed by atoms with Crippen LogP contribution in [-0.2, 0) is 6.61 Å². The van der Waals surface area contributed by atoms with Crippen molar-refractivity contribution in [1.82, 2.24) is 0 Å². The Labute approximate surface area is 130 Å². The van der Waals surface area contributed by atoms with E-state index in [-0.39, 0.29) is 0 Å². The highest BCUT2D eigenvalue weighted by molar-refractivity contribution is 5.66. The average Bonchev–Trinajstić information content (AvgIpc) is 2.53. The third kappa shape index (κ3) is 3.47. The van der Waals surface area contributed by atoms with E-state index in [0.717, 1.165) is 28.0 Å². The van der Waals surface area contributed by atoms with Crippen LogP contribution in [0.25, 0.3) is 11.1 Å². The van der Waals surface area contributed by atoms with Gasteiger partial charge in [-0.25, -0.2) is 0 Å². The van der Waals surface area contributed by atoms with Gasteiger partial charge < -0.3 is 9.84 Å². The van der Waals surface area contributed by atoms with Crippen LogP contribution in [0.3, 0.4) is 0 Å². The number of phenols is 1. The first-order valence-corrected chi connectivity index (χ1v) is 7.28. The molecule has 0 aliphatic rings. The number of ether oxygens (including phenoxy) is 1. The first-order chi connectivity index (χ1) is 10.7. The van der Waals surface area contributed by atoms with Crippen molar-refractivity contribution in [1.29, 1.82) is 0 Å². The van der Waals surface area contributed by atoms with E-state index in [2.05, 4.69) is 6.07 Å². The molecule has 0 radical (unpaired) electrons. The number of aromatic hydroxyl groups is 1. The summed E-state index contributed by atoms with van der Waals surface area (Å²) in [5.41, 5.74) is 4.26. The van der Waals surface area contributed by atoms with Crippen molar-refractivity contribution in [3.05, 3.63) is 83.9 Å². The molecule has 0 bridgehead atoms. The van der Waals surface area contributed by atoms with Crippen LogP contribution in [0.4, 0.5) is 0 Å². The number of hydrogen-bond donors (Lipinski definition) is 1. The second-order valence-corrected chi connectivity index (χ2v) is 5.36. The predicted octanol–water partition coefficient (Wildman–Crippen LogP) is 4.95. The minimum atomic E-state index is 0.291. The van der Waals surface area contributed by atoms with Gasteiger partial charge in [0.1, 0.15) is 18.1 Å². The van der Waals surface area contributed by atoms with Gasteiger partial charge >= 0.3 is 0 Å². The van der Waals surface area contributed by atoms with E-state index in [9.17, 15) is 5.11 Å². The number of benzene rings is 3. The van der Waals surface area contributed by atoms with Gasteiger partial charge in [-0.3, -0.25) is 0 Å². The number of hydrogen-bond acceptors (Lipinski definition) is 2. The molecule has 3 aromatic rings. The van der Waals surface area contributed by atoms with Gasteiger partial charge in [-0.2, -0.15) is 0 Å². The van der Waals surface area contributed by atoms with Crippen LogP contribution in [-0.4, -0.2) is 5.11 Å². The van der Waals surface area contributed by atoms with Crippen molar-refractivity contribution in [2.24, 2.45) is 0 Å². The van der Waals surface area contributed by atoms with E-state index in [0.29, 0.717) is 12.4 Å². The standard InChI is InChI=1S/C20H18O2/c1-15-11-18(13-19(21)12-15)17-7-9-20(10-8-17)22-14-16-5-3-2-4-6-16/h2-13,21H,14H2,1H3. The Morgan fingerprint density at radius 2 is 1.55 bits per heavy atom. The van der Waals surface area contributed by atoms with E-state index in [1.54, 1.807) is 12.1 Å². The lowest BCUT2D eigenvalue weighted by molar-refractivity contribution is 0.306. The van der Waals surface area contributed by atoms with E-state index in [1.807, 2.05) is 61.5 Å². The molecule has 0 aliphatic carbocycles. The molecule has 22 heavy (non-hydrogen) atoms. The molecule has 3 rings (SSSR count). The van der Waals surface area contributed by atoms with Gasteiger partial charge in [0.05, 0.1) is 0 Å². The zero-order chi connectivity index (χ0) is 15.4. The van der Waals surface area contributed by atoms with Gasteiger partial charge in [0, 0.05) is 0 Å². The first kappa shape index (κ1) is 14.2. The minimum absolute atomic E-state index is 0.291. The largest absolute Gasteiger partial charge is 0.508 e. The molecule has 0 saturated carbocycles. The van der Waals surface area contributed by atoms with Crippen LogP contribution in [0.2, 0.25) is 0 Å². The number of aryl methyl sites for hydroxylation is 1. The third-order valence-electron chi connectivity index (χ3n) is 3.50. The second-order valence-electron chi connectivity index (χ2n) is 5.36. The van der Waals surface area contributed by atoms with Crippen molar-refractivity contribution in [2.75, 3.05) is 0 Å². The molecule has 0 spiro atoms. The Morgan fingerprint density at radius 1 is 0.818 bits per heavy atom. The summed E-state index contributed by atoms with van der Waals surface area (Å²) < 4.78 is 5.78. The summed E-state index contributed by atoms with van der Waals surface area (Å²) in [6, 6.07) is 23.6. The van der Waals surface area contributed by atoms with Gasteiger partial charge in [0.25, 0.3) is 0 Å². The Bertz CT molecular complexity index is 726. The highest BCUT2D eigenvalue weighted by Crippen LogP contribution is 2.27. The van der Waals surface area contributed by atoms with E-state index in [4.69, 9.17) is 4.74 Å². The molecule has 0 aromatic heterocycles. The summed E-state index contributed by atoms with van der Waals surface area (Å²) in [4.78, 5) is 0. The van der Waals surface area contributed by atoms with Gasteiger partial charge in [0.15, 0.2) is 0 Å². The zero-order valence-corrected chi connectivity index (χ0v) is 12.5. The Balaban J connectivity index is 1.72. The molecule has 2 heteroatoms.